The standard InChI is InChI=1S/C14H18N4O/c1-19-8-2-5-17-14-13(15)9-12(10-18-14)11-3-6-16-7-4-11/h3-4,6-7,9-10H,2,5,8,15H2,1H3,(H,17,18). The van der Waals surface area contributed by atoms with Gasteiger partial charge in [0, 0.05) is 44.4 Å². The topological polar surface area (TPSA) is 73.1 Å². The number of hydrogen-bond acceptors (Lipinski definition) is 5. The summed E-state index contributed by atoms with van der Waals surface area (Å²) in [6.07, 6.45) is 6.24. The molecule has 0 unspecified atom stereocenters. The van der Waals surface area contributed by atoms with Crippen molar-refractivity contribution in [1.29, 1.82) is 0 Å². The normalized spacial score (nSPS) is 10.4. The molecule has 0 aliphatic rings. The summed E-state index contributed by atoms with van der Waals surface area (Å²) >= 11 is 0. The molecule has 0 aromatic carbocycles. The molecule has 19 heavy (non-hydrogen) atoms. The van der Waals surface area contributed by atoms with E-state index in [0.717, 1.165) is 30.7 Å². The van der Waals surface area contributed by atoms with E-state index in [1.807, 2.05) is 24.4 Å². The fourth-order valence-corrected chi connectivity index (χ4v) is 1.76. The van der Waals surface area contributed by atoms with Crippen LogP contribution in [0.3, 0.4) is 0 Å². The Morgan fingerprint density at radius 2 is 2.05 bits per heavy atom. The molecule has 0 bridgehead atoms. The van der Waals surface area contributed by atoms with E-state index in [1.54, 1.807) is 19.5 Å². The van der Waals surface area contributed by atoms with Crippen LogP contribution in [0.4, 0.5) is 11.5 Å². The van der Waals surface area contributed by atoms with Crippen LogP contribution in [0.2, 0.25) is 0 Å². The maximum atomic E-state index is 6.00. The zero-order chi connectivity index (χ0) is 13.5. The Balaban J connectivity index is 2.05. The van der Waals surface area contributed by atoms with Crippen molar-refractivity contribution in [3.05, 3.63) is 36.8 Å². The van der Waals surface area contributed by atoms with E-state index in [1.165, 1.54) is 0 Å². The number of nitrogens with two attached hydrogens (primary N) is 1. The van der Waals surface area contributed by atoms with Crippen LogP contribution in [-0.2, 0) is 4.74 Å². The van der Waals surface area contributed by atoms with Gasteiger partial charge in [-0.15, -0.1) is 0 Å². The van der Waals surface area contributed by atoms with Crippen LogP contribution in [0.15, 0.2) is 36.8 Å². The number of nitrogens with zero attached hydrogens (tertiary/aromatic N) is 2. The van der Waals surface area contributed by atoms with Gasteiger partial charge < -0.3 is 15.8 Å². The molecular formula is C14H18N4O. The van der Waals surface area contributed by atoms with E-state index in [0.29, 0.717) is 11.5 Å². The predicted octanol–water partition coefficient (Wildman–Crippen LogP) is 2.17. The Kier molecular flexibility index (Phi) is 4.69. The largest absolute Gasteiger partial charge is 0.396 e. The monoisotopic (exact) mass is 258 g/mol. The van der Waals surface area contributed by atoms with Crippen molar-refractivity contribution in [2.75, 3.05) is 31.3 Å². The first-order chi connectivity index (χ1) is 9.31. The second-order valence-corrected chi connectivity index (χ2v) is 4.17. The Hall–Kier alpha value is -2.14. The van der Waals surface area contributed by atoms with Gasteiger partial charge in [0.25, 0.3) is 0 Å². The summed E-state index contributed by atoms with van der Waals surface area (Å²) in [6.45, 7) is 1.52. The molecule has 3 N–H and O–H groups in total. The molecule has 5 heteroatoms. The third kappa shape index (κ3) is 3.66. The van der Waals surface area contributed by atoms with Gasteiger partial charge in [0.05, 0.1) is 5.69 Å². The summed E-state index contributed by atoms with van der Waals surface area (Å²) in [5.74, 6) is 0.717. The van der Waals surface area contributed by atoms with Crippen LogP contribution in [-0.4, -0.2) is 30.2 Å². The number of aromatic nitrogens is 2. The lowest BCUT2D eigenvalue weighted by molar-refractivity contribution is 0.198. The highest BCUT2D eigenvalue weighted by Gasteiger charge is 2.03. The van der Waals surface area contributed by atoms with Crippen LogP contribution < -0.4 is 11.1 Å². The van der Waals surface area contributed by atoms with Gasteiger partial charge in [0.2, 0.25) is 0 Å². The lowest BCUT2D eigenvalue weighted by Crippen LogP contribution is -2.08. The second-order valence-electron chi connectivity index (χ2n) is 4.17. The maximum Gasteiger partial charge on any atom is 0.149 e. The molecule has 0 spiro atoms. The minimum absolute atomic E-state index is 0.645. The number of ether oxygens (including phenoxy) is 1. The first-order valence-electron chi connectivity index (χ1n) is 6.20. The Bertz CT molecular complexity index is 516. The van der Waals surface area contributed by atoms with E-state index in [9.17, 15) is 0 Å². The quantitative estimate of drug-likeness (QED) is 0.777. The van der Waals surface area contributed by atoms with Crippen molar-refractivity contribution < 1.29 is 4.74 Å². The van der Waals surface area contributed by atoms with Crippen molar-refractivity contribution in [2.45, 2.75) is 6.42 Å². The van der Waals surface area contributed by atoms with Gasteiger partial charge in [-0.2, -0.15) is 0 Å². The highest BCUT2D eigenvalue weighted by atomic mass is 16.5. The predicted molar refractivity (Wildman–Crippen MR) is 76.9 cm³/mol. The van der Waals surface area contributed by atoms with Gasteiger partial charge in [-0.05, 0) is 30.2 Å². The van der Waals surface area contributed by atoms with Gasteiger partial charge >= 0.3 is 0 Å². The number of methoxy groups -OCH3 is 1. The van der Waals surface area contributed by atoms with Crippen LogP contribution in [0.5, 0.6) is 0 Å². The van der Waals surface area contributed by atoms with Gasteiger partial charge in [0.15, 0.2) is 0 Å². The van der Waals surface area contributed by atoms with E-state index < -0.39 is 0 Å². The molecule has 0 saturated heterocycles. The number of rotatable bonds is 6. The molecule has 100 valence electrons. The Labute approximate surface area is 112 Å². The number of anilines is 2. The molecule has 0 radical (unpaired) electrons. The zero-order valence-electron chi connectivity index (χ0n) is 11.0. The summed E-state index contributed by atoms with van der Waals surface area (Å²) in [5.41, 5.74) is 8.69. The Morgan fingerprint density at radius 1 is 1.26 bits per heavy atom. The average molecular weight is 258 g/mol. The van der Waals surface area contributed by atoms with Crippen molar-refractivity contribution in [1.82, 2.24) is 9.97 Å². The van der Waals surface area contributed by atoms with Crippen molar-refractivity contribution in [3.63, 3.8) is 0 Å². The molecule has 0 atom stereocenters. The van der Waals surface area contributed by atoms with E-state index in [2.05, 4.69) is 15.3 Å². The molecule has 0 amide bonds. The summed E-state index contributed by atoms with van der Waals surface area (Å²) in [4.78, 5) is 8.35. The molecule has 2 rings (SSSR count). The fraction of sp³-hybridized carbons (Fsp3) is 0.286. The Morgan fingerprint density at radius 3 is 2.74 bits per heavy atom. The molecule has 5 nitrogen and oxygen atoms in total. The number of nitrogens with one attached hydrogen (secondary N) is 1. The molecule has 2 aromatic rings. The van der Waals surface area contributed by atoms with E-state index >= 15 is 0 Å². The highest BCUT2D eigenvalue weighted by molar-refractivity contribution is 5.72. The maximum absolute atomic E-state index is 6.00. The van der Waals surface area contributed by atoms with Gasteiger partial charge in [-0.25, -0.2) is 4.98 Å². The van der Waals surface area contributed by atoms with Crippen LogP contribution in [0, 0.1) is 0 Å². The number of nitrogen functional groups attached to an aromatic ring is 1. The lowest BCUT2D eigenvalue weighted by atomic mass is 10.1. The first kappa shape index (κ1) is 13.3. The summed E-state index contributed by atoms with van der Waals surface area (Å²) in [7, 11) is 1.69. The van der Waals surface area contributed by atoms with Crippen LogP contribution in [0.1, 0.15) is 6.42 Å². The average Bonchev–Trinajstić information content (AvgIpc) is 2.46. The minimum atomic E-state index is 0.645. The lowest BCUT2D eigenvalue weighted by Gasteiger charge is -2.09. The first-order valence-corrected chi connectivity index (χ1v) is 6.20. The number of pyridine rings is 2. The van der Waals surface area contributed by atoms with Gasteiger partial charge in [-0.3, -0.25) is 4.98 Å². The fourth-order valence-electron chi connectivity index (χ4n) is 1.76. The number of hydrogen-bond donors (Lipinski definition) is 2. The SMILES string of the molecule is COCCCNc1ncc(-c2ccncc2)cc1N. The third-order valence-electron chi connectivity index (χ3n) is 2.75. The highest BCUT2D eigenvalue weighted by Crippen LogP contribution is 2.23. The molecule has 2 aromatic heterocycles. The summed E-state index contributed by atoms with van der Waals surface area (Å²) < 4.78 is 4.99. The summed E-state index contributed by atoms with van der Waals surface area (Å²) in [5, 5.41) is 3.20. The van der Waals surface area contributed by atoms with E-state index in [4.69, 9.17) is 10.5 Å². The molecule has 0 aliphatic carbocycles. The molecule has 0 saturated carbocycles. The van der Waals surface area contributed by atoms with Crippen LogP contribution in [0.25, 0.3) is 11.1 Å². The summed E-state index contributed by atoms with van der Waals surface area (Å²) in [6, 6.07) is 5.78. The van der Waals surface area contributed by atoms with Crippen molar-refractivity contribution in [2.24, 2.45) is 0 Å². The van der Waals surface area contributed by atoms with Gasteiger partial charge in [-0.1, -0.05) is 0 Å². The molecule has 0 aliphatic heterocycles. The van der Waals surface area contributed by atoms with Crippen molar-refractivity contribution >= 4 is 11.5 Å². The minimum Gasteiger partial charge on any atom is -0.396 e. The molecular weight excluding hydrogens is 240 g/mol. The smallest absolute Gasteiger partial charge is 0.149 e. The van der Waals surface area contributed by atoms with E-state index in [-0.39, 0.29) is 0 Å². The third-order valence-corrected chi connectivity index (χ3v) is 2.75. The molecule has 2 heterocycles. The zero-order valence-corrected chi connectivity index (χ0v) is 11.0. The second kappa shape index (κ2) is 6.70. The molecule has 0 fully saturated rings. The van der Waals surface area contributed by atoms with Crippen LogP contribution >= 0.6 is 0 Å². The van der Waals surface area contributed by atoms with Crippen molar-refractivity contribution in [3.8, 4) is 11.1 Å². The van der Waals surface area contributed by atoms with Gasteiger partial charge in [0.1, 0.15) is 5.82 Å².